The first-order valence-electron chi connectivity index (χ1n) is 10.1. The molecule has 0 saturated carbocycles. The molecule has 1 atom stereocenters. The van der Waals surface area contributed by atoms with E-state index in [9.17, 15) is 9.59 Å². The van der Waals surface area contributed by atoms with Gasteiger partial charge in [0.05, 0.1) is 5.92 Å². The zero-order chi connectivity index (χ0) is 19.5. The highest BCUT2D eigenvalue weighted by Gasteiger charge is 2.35. The van der Waals surface area contributed by atoms with E-state index < -0.39 is 0 Å². The van der Waals surface area contributed by atoms with Crippen LogP contribution in [0.2, 0.25) is 0 Å². The number of aryl methyl sites for hydroxylation is 1. The quantitative estimate of drug-likeness (QED) is 0.870. The summed E-state index contributed by atoms with van der Waals surface area (Å²) in [7, 11) is 0. The number of hydrogen-bond donors (Lipinski definition) is 1. The first-order valence-corrected chi connectivity index (χ1v) is 10.1. The Morgan fingerprint density at radius 1 is 1.04 bits per heavy atom. The van der Waals surface area contributed by atoms with Crippen LogP contribution in [-0.4, -0.2) is 31.4 Å². The second-order valence-corrected chi connectivity index (χ2v) is 7.76. The van der Waals surface area contributed by atoms with Crippen LogP contribution in [0, 0.1) is 12.8 Å². The Balaban J connectivity index is 1.36. The maximum Gasteiger partial charge on any atom is 0.227 e. The maximum atomic E-state index is 12.6. The summed E-state index contributed by atoms with van der Waals surface area (Å²) in [6.07, 6.45) is 2.75. The molecule has 2 amide bonds. The molecule has 0 radical (unpaired) electrons. The zero-order valence-corrected chi connectivity index (χ0v) is 16.4. The topological polar surface area (TPSA) is 52.7 Å². The third-order valence-corrected chi connectivity index (χ3v) is 5.84. The van der Waals surface area contributed by atoms with Gasteiger partial charge in [0.2, 0.25) is 11.8 Å². The third kappa shape index (κ3) is 3.88. The molecular formula is C23H27N3O2. The van der Waals surface area contributed by atoms with Crippen molar-refractivity contribution < 1.29 is 9.59 Å². The van der Waals surface area contributed by atoms with Crippen LogP contribution in [0.25, 0.3) is 0 Å². The van der Waals surface area contributed by atoms with E-state index in [1.54, 1.807) is 4.90 Å². The van der Waals surface area contributed by atoms with Crippen molar-refractivity contribution >= 4 is 23.2 Å². The van der Waals surface area contributed by atoms with Crippen molar-refractivity contribution in [3.63, 3.8) is 0 Å². The van der Waals surface area contributed by atoms with E-state index in [1.165, 1.54) is 18.5 Å². The van der Waals surface area contributed by atoms with Gasteiger partial charge in [0.25, 0.3) is 0 Å². The number of nitrogens with zero attached hydrogens (tertiary/aromatic N) is 2. The van der Waals surface area contributed by atoms with Gasteiger partial charge >= 0.3 is 0 Å². The number of carbonyl (C=O) groups excluding carboxylic acids is 2. The molecule has 0 aliphatic carbocycles. The lowest BCUT2D eigenvalue weighted by atomic mass is 10.1. The fourth-order valence-corrected chi connectivity index (χ4v) is 4.09. The monoisotopic (exact) mass is 377 g/mol. The Hall–Kier alpha value is -2.82. The van der Waals surface area contributed by atoms with Crippen LogP contribution in [0.15, 0.2) is 48.5 Å². The third-order valence-electron chi connectivity index (χ3n) is 5.84. The van der Waals surface area contributed by atoms with Crippen molar-refractivity contribution in [1.29, 1.82) is 0 Å². The summed E-state index contributed by atoms with van der Waals surface area (Å²) in [5, 5.41) is 3.00. The van der Waals surface area contributed by atoms with Crippen molar-refractivity contribution in [1.82, 2.24) is 5.32 Å². The van der Waals surface area contributed by atoms with E-state index in [4.69, 9.17) is 0 Å². The van der Waals surface area contributed by atoms with Gasteiger partial charge in [0.1, 0.15) is 0 Å². The first kappa shape index (κ1) is 18.5. The van der Waals surface area contributed by atoms with Gasteiger partial charge in [-0.2, -0.15) is 0 Å². The van der Waals surface area contributed by atoms with Crippen LogP contribution in [0.3, 0.4) is 0 Å². The molecule has 5 heteroatoms. The number of amides is 2. The SMILES string of the molecule is Cc1ccccc1CNC(=O)C1CC(=O)N(c2ccc(N3CCCC3)cc2)C1. The van der Waals surface area contributed by atoms with E-state index in [0.29, 0.717) is 13.1 Å². The Labute approximate surface area is 166 Å². The summed E-state index contributed by atoms with van der Waals surface area (Å²) >= 11 is 0. The number of benzene rings is 2. The Morgan fingerprint density at radius 2 is 1.71 bits per heavy atom. The average molecular weight is 377 g/mol. The van der Waals surface area contributed by atoms with Crippen molar-refractivity contribution in [2.45, 2.75) is 32.7 Å². The molecule has 2 heterocycles. The molecule has 2 aliphatic rings. The second-order valence-electron chi connectivity index (χ2n) is 7.76. The fourth-order valence-electron chi connectivity index (χ4n) is 4.09. The first-order chi connectivity index (χ1) is 13.6. The highest BCUT2D eigenvalue weighted by molar-refractivity contribution is 6.00. The van der Waals surface area contributed by atoms with Crippen molar-refractivity contribution in [3.8, 4) is 0 Å². The molecule has 2 fully saturated rings. The molecule has 2 aromatic carbocycles. The highest BCUT2D eigenvalue weighted by Crippen LogP contribution is 2.28. The number of nitrogens with one attached hydrogen (secondary N) is 1. The zero-order valence-electron chi connectivity index (χ0n) is 16.4. The number of hydrogen-bond acceptors (Lipinski definition) is 3. The Bertz CT molecular complexity index is 856. The lowest BCUT2D eigenvalue weighted by molar-refractivity contribution is -0.126. The van der Waals surface area contributed by atoms with E-state index >= 15 is 0 Å². The molecule has 2 aromatic rings. The van der Waals surface area contributed by atoms with Crippen molar-refractivity contribution in [2.24, 2.45) is 5.92 Å². The fraction of sp³-hybridized carbons (Fsp3) is 0.391. The van der Waals surface area contributed by atoms with Crippen molar-refractivity contribution in [3.05, 3.63) is 59.7 Å². The largest absolute Gasteiger partial charge is 0.372 e. The summed E-state index contributed by atoms with van der Waals surface area (Å²) in [4.78, 5) is 29.2. The van der Waals surface area contributed by atoms with Crippen molar-refractivity contribution in [2.75, 3.05) is 29.4 Å². The molecule has 0 spiro atoms. The number of anilines is 2. The lowest BCUT2D eigenvalue weighted by Crippen LogP contribution is -2.32. The molecule has 1 N–H and O–H groups in total. The van der Waals surface area contributed by atoms with Gasteiger partial charge in [0.15, 0.2) is 0 Å². The Kier molecular flexibility index (Phi) is 5.33. The molecule has 0 bridgehead atoms. The minimum absolute atomic E-state index is 0.0185. The van der Waals surface area contributed by atoms with Gasteiger partial charge in [-0.25, -0.2) is 0 Å². The van der Waals surface area contributed by atoms with Crippen LogP contribution >= 0.6 is 0 Å². The average Bonchev–Trinajstić information content (AvgIpc) is 3.37. The van der Waals surface area contributed by atoms with Crippen LogP contribution in [0.5, 0.6) is 0 Å². The summed E-state index contributed by atoms with van der Waals surface area (Å²) in [5.41, 5.74) is 4.35. The van der Waals surface area contributed by atoms with Crippen LogP contribution in [0.4, 0.5) is 11.4 Å². The minimum atomic E-state index is -0.297. The molecule has 146 valence electrons. The predicted molar refractivity (Wildman–Crippen MR) is 111 cm³/mol. The summed E-state index contributed by atoms with van der Waals surface area (Å²) in [6, 6.07) is 16.2. The standard InChI is InChI=1S/C23H27N3O2/c1-17-6-2-3-7-18(17)15-24-23(28)19-14-22(27)26(16-19)21-10-8-20(9-11-21)25-12-4-5-13-25/h2-3,6-11,19H,4-5,12-16H2,1H3,(H,24,28). The van der Waals surface area contributed by atoms with E-state index in [2.05, 4.69) is 22.3 Å². The van der Waals surface area contributed by atoms with Gasteiger partial charge < -0.3 is 15.1 Å². The van der Waals surface area contributed by atoms with E-state index in [0.717, 1.165) is 29.9 Å². The van der Waals surface area contributed by atoms with Gasteiger partial charge in [-0.3, -0.25) is 9.59 Å². The molecule has 0 aromatic heterocycles. The number of rotatable bonds is 5. The maximum absolute atomic E-state index is 12.6. The van der Waals surface area contributed by atoms with Crippen LogP contribution in [0.1, 0.15) is 30.4 Å². The summed E-state index contributed by atoms with van der Waals surface area (Å²) < 4.78 is 0. The molecule has 2 saturated heterocycles. The van der Waals surface area contributed by atoms with Gasteiger partial charge in [-0.1, -0.05) is 24.3 Å². The molecule has 4 rings (SSSR count). The normalized spacial score (nSPS) is 19.3. The molecule has 2 aliphatic heterocycles. The van der Waals surface area contributed by atoms with Gasteiger partial charge in [-0.05, 0) is 55.2 Å². The molecule has 1 unspecified atom stereocenters. The Morgan fingerprint density at radius 3 is 2.43 bits per heavy atom. The number of carbonyl (C=O) groups is 2. The molecule has 28 heavy (non-hydrogen) atoms. The predicted octanol–water partition coefficient (Wildman–Crippen LogP) is 3.26. The minimum Gasteiger partial charge on any atom is -0.372 e. The smallest absolute Gasteiger partial charge is 0.227 e. The summed E-state index contributed by atoms with van der Waals surface area (Å²) in [6.45, 7) is 5.19. The molecule has 5 nitrogen and oxygen atoms in total. The van der Waals surface area contributed by atoms with Crippen LogP contribution in [-0.2, 0) is 16.1 Å². The summed E-state index contributed by atoms with van der Waals surface area (Å²) in [5.74, 6) is -0.326. The molecular weight excluding hydrogens is 350 g/mol. The van der Waals surface area contributed by atoms with E-state index in [-0.39, 0.29) is 24.2 Å². The van der Waals surface area contributed by atoms with E-state index in [1.807, 2.05) is 43.3 Å². The lowest BCUT2D eigenvalue weighted by Gasteiger charge is -2.20. The highest BCUT2D eigenvalue weighted by atomic mass is 16.2. The van der Waals surface area contributed by atoms with Gasteiger partial charge in [0, 0.05) is 44.0 Å². The van der Waals surface area contributed by atoms with Crippen LogP contribution < -0.4 is 15.1 Å². The van der Waals surface area contributed by atoms with Gasteiger partial charge in [-0.15, -0.1) is 0 Å². The second kappa shape index (κ2) is 8.05.